The molecule has 1 nitrogen and oxygen atoms in total. The number of fused-ring (bicyclic) bond motifs is 2. The first-order valence-corrected chi connectivity index (χ1v) is 11.3. The van der Waals surface area contributed by atoms with Crippen LogP contribution in [0.2, 0.25) is 0 Å². The normalized spacial score (nSPS) is 33.9. The molecule has 2 fully saturated rings. The largest absolute Gasteiger partial charge is 0.507 e. The molecule has 0 spiro atoms. The van der Waals surface area contributed by atoms with E-state index in [0.717, 1.165) is 11.5 Å². The molecule has 0 radical (unpaired) electrons. The van der Waals surface area contributed by atoms with Crippen molar-refractivity contribution < 1.29 is 5.11 Å². The fourth-order valence-corrected chi connectivity index (χ4v) is 7.10. The van der Waals surface area contributed by atoms with E-state index < -0.39 is 0 Å². The predicted molar refractivity (Wildman–Crippen MR) is 115 cm³/mol. The minimum absolute atomic E-state index is 0.0659. The highest BCUT2D eigenvalue weighted by Gasteiger charge is 2.51. The third kappa shape index (κ3) is 3.73. The van der Waals surface area contributed by atoms with Gasteiger partial charge in [0.2, 0.25) is 0 Å². The highest BCUT2D eigenvalue weighted by Crippen LogP contribution is 2.61. The van der Waals surface area contributed by atoms with E-state index in [2.05, 4.69) is 76.5 Å². The van der Waals surface area contributed by atoms with Crippen LogP contribution in [0, 0.1) is 16.7 Å². The van der Waals surface area contributed by atoms with Crippen molar-refractivity contribution in [2.75, 3.05) is 0 Å². The number of benzene rings is 1. The molecule has 3 unspecified atom stereocenters. The molecule has 146 valence electrons. The highest BCUT2D eigenvalue weighted by molar-refractivity contribution is 9.08. The van der Waals surface area contributed by atoms with Crippen molar-refractivity contribution >= 4 is 15.9 Å². The lowest BCUT2D eigenvalue weighted by Crippen LogP contribution is -2.47. The van der Waals surface area contributed by atoms with Crippen LogP contribution < -0.4 is 0 Å². The molecule has 26 heavy (non-hydrogen) atoms. The fourth-order valence-electron chi connectivity index (χ4n) is 6.68. The molecular formula is C24H37BrO. The summed E-state index contributed by atoms with van der Waals surface area (Å²) in [7, 11) is 0. The van der Waals surface area contributed by atoms with E-state index in [1.165, 1.54) is 43.2 Å². The van der Waals surface area contributed by atoms with Crippen molar-refractivity contribution in [1.29, 1.82) is 0 Å². The molecule has 3 rings (SSSR count). The Balaban J connectivity index is 2.08. The van der Waals surface area contributed by atoms with Gasteiger partial charge in [-0.15, -0.1) is 0 Å². The number of hydrogen-bond acceptors (Lipinski definition) is 1. The van der Waals surface area contributed by atoms with Crippen LogP contribution in [0.4, 0.5) is 0 Å². The van der Waals surface area contributed by atoms with Gasteiger partial charge in [-0.05, 0) is 65.2 Å². The molecule has 2 saturated carbocycles. The van der Waals surface area contributed by atoms with Gasteiger partial charge in [-0.3, -0.25) is 0 Å². The van der Waals surface area contributed by atoms with Gasteiger partial charge in [0, 0.05) is 16.5 Å². The minimum Gasteiger partial charge on any atom is -0.507 e. The quantitative estimate of drug-likeness (QED) is 0.491. The van der Waals surface area contributed by atoms with Crippen LogP contribution in [0.1, 0.15) is 97.3 Å². The molecular weight excluding hydrogens is 384 g/mol. The maximum Gasteiger partial charge on any atom is 0.123 e. The van der Waals surface area contributed by atoms with Gasteiger partial charge in [-0.25, -0.2) is 0 Å². The van der Waals surface area contributed by atoms with Crippen LogP contribution in [0.5, 0.6) is 5.75 Å². The third-order valence-corrected chi connectivity index (χ3v) is 7.54. The molecule has 2 heteroatoms. The smallest absolute Gasteiger partial charge is 0.123 e. The van der Waals surface area contributed by atoms with Gasteiger partial charge >= 0.3 is 0 Å². The van der Waals surface area contributed by atoms with Crippen molar-refractivity contribution in [3.05, 3.63) is 28.8 Å². The molecule has 1 aromatic rings. The highest BCUT2D eigenvalue weighted by atomic mass is 79.9. The van der Waals surface area contributed by atoms with E-state index >= 15 is 0 Å². The first kappa shape index (κ1) is 20.2. The van der Waals surface area contributed by atoms with Crippen LogP contribution in [0.25, 0.3) is 0 Å². The zero-order valence-electron chi connectivity index (χ0n) is 17.8. The van der Waals surface area contributed by atoms with E-state index in [0.29, 0.717) is 21.9 Å². The number of rotatable bonds is 2. The van der Waals surface area contributed by atoms with E-state index in [1.807, 2.05) is 0 Å². The fraction of sp³-hybridized carbons (Fsp3) is 0.750. The van der Waals surface area contributed by atoms with Gasteiger partial charge in [-0.2, -0.15) is 0 Å². The second kappa shape index (κ2) is 6.26. The summed E-state index contributed by atoms with van der Waals surface area (Å²) in [5, 5.41) is 11.8. The summed E-state index contributed by atoms with van der Waals surface area (Å²) in [6, 6.07) is 4.50. The number of phenols is 1. The number of alkyl halides is 1. The molecule has 0 aromatic heterocycles. The Morgan fingerprint density at radius 2 is 1.69 bits per heavy atom. The van der Waals surface area contributed by atoms with Gasteiger partial charge in [0.1, 0.15) is 5.75 Å². The van der Waals surface area contributed by atoms with Gasteiger partial charge < -0.3 is 5.11 Å². The summed E-state index contributed by atoms with van der Waals surface area (Å²) in [5.41, 5.74) is 4.56. The summed E-state index contributed by atoms with van der Waals surface area (Å²) >= 11 is 3.60. The Labute approximate surface area is 169 Å². The molecule has 2 aliphatic carbocycles. The Kier molecular flexibility index (Phi) is 4.87. The standard InChI is InChI=1S/C24H37BrO/c1-21(2,3)18-8-17(13-25)20(26)19(9-18)24(7)12-16-10-22(4,5)14-23(6,11-16)15-24/h8-9,16,26H,10-15H2,1-7H3. The van der Waals surface area contributed by atoms with Crippen LogP contribution >= 0.6 is 15.9 Å². The van der Waals surface area contributed by atoms with Gasteiger partial charge in [0.05, 0.1) is 0 Å². The van der Waals surface area contributed by atoms with Gasteiger partial charge in [0.15, 0.2) is 0 Å². The summed E-state index contributed by atoms with van der Waals surface area (Å²) in [6.45, 7) is 16.6. The zero-order chi connectivity index (χ0) is 19.5. The molecule has 2 bridgehead atoms. The number of aromatic hydroxyl groups is 1. The monoisotopic (exact) mass is 420 g/mol. The minimum atomic E-state index is 0.0659. The topological polar surface area (TPSA) is 20.2 Å². The summed E-state index contributed by atoms with van der Waals surface area (Å²) < 4.78 is 0. The van der Waals surface area contributed by atoms with E-state index in [1.54, 1.807) is 0 Å². The zero-order valence-corrected chi connectivity index (χ0v) is 19.4. The number of halogens is 1. The Bertz CT molecular complexity index is 697. The summed E-state index contributed by atoms with van der Waals surface area (Å²) in [4.78, 5) is 0. The molecule has 0 heterocycles. The first-order chi connectivity index (χ1) is 11.8. The predicted octanol–water partition coefficient (Wildman–Crippen LogP) is 7.47. The second-order valence-corrected chi connectivity index (χ2v) is 12.3. The van der Waals surface area contributed by atoms with Crippen molar-refractivity contribution in [3.8, 4) is 5.75 Å². The molecule has 1 aromatic carbocycles. The average Bonchev–Trinajstić information content (AvgIpc) is 2.41. The molecule has 3 atom stereocenters. The Morgan fingerprint density at radius 1 is 1.04 bits per heavy atom. The third-order valence-electron chi connectivity index (χ3n) is 6.93. The summed E-state index contributed by atoms with van der Waals surface area (Å²) in [6.07, 6.45) is 6.37. The lowest BCUT2D eigenvalue weighted by Gasteiger charge is -2.56. The first-order valence-electron chi connectivity index (χ1n) is 10.2. The SMILES string of the molecule is CC1(C)CC2CC(C)(C1)CC(C)(c1cc(C(C)(C)C)cc(CBr)c1O)C2. The Hall–Kier alpha value is -0.500. The van der Waals surface area contributed by atoms with E-state index in [9.17, 15) is 5.11 Å². The van der Waals surface area contributed by atoms with Gasteiger partial charge in [0.25, 0.3) is 0 Å². The second-order valence-electron chi connectivity index (χ2n) is 11.8. The van der Waals surface area contributed by atoms with Crippen molar-refractivity contribution in [2.45, 2.75) is 96.7 Å². The number of phenolic OH excluding ortho intramolecular Hbond substituents is 1. The lowest BCUT2D eigenvalue weighted by atomic mass is 9.49. The van der Waals surface area contributed by atoms with Crippen LogP contribution in [-0.2, 0) is 16.2 Å². The van der Waals surface area contributed by atoms with Crippen molar-refractivity contribution in [3.63, 3.8) is 0 Å². The maximum absolute atomic E-state index is 11.1. The van der Waals surface area contributed by atoms with E-state index in [4.69, 9.17) is 0 Å². The van der Waals surface area contributed by atoms with Crippen molar-refractivity contribution in [2.24, 2.45) is 16.7 Å². The lowest BCUT2D eigenvalue weighted by molar-refractivity contribution is -0.0213. The van der Waals surface area contributed by atoms with Crippen LogP contribution in [0.15, 0.2) is 12.1 Å². The molecule has 0 aliphatic heterocycles. The maximum atomic E-state index is 11.1. The molecule has 0 saturated heterocycles. The molecule has 1 N–H and O–H groups in total. The average molecular weight is 421 g/mol. The van der Waals surface area contributed by atoms with Crippen LogP contribution in [-0.4, -0.2) is 5.11 Å². The molecule has 2 aliphatic rings. The van der Waals surface area contributed by atoms with Crippen LogP contribution in [0.3, 0.4) is 0 Å². The summed E-state index contributed by atoms with van der Waals surface area (Å²) in [5.74, 6) is 1.30. The van der Waals surface area contributed by atoms with E-state index in [-0.39, 0.29) is 10.8 Å². The van der Waals surface area contributed by atoms with Gasteiger partial charge in [-0.1, -0.05) is 76.5 Å². The number of hydrogen-bond donors (Lipinski definition) is 1. The van der Waals surface area contributed by atoms with Crippen molar-refractivity contribution in [1.82, 2.24) is 0 Å². The Morgan fingerprint density at radius 3 is 2.23 bits per heavy atom. The molecule has 0 amide bonds.